The molecule has 100 valence electrons. The van der Waals surface area contributed by atoms with Gasteiger partial charge in [0.05, 0.1) is 19.1 Å². The highest BCUT2D eigenvalue weighted by molar-refractivity contribution is 5.82. The first kappa shape index (κ1) is 16.0. The molecule has 0 aromatic carbocycles. The van der Waals surface area contributed by atoms with E-state index in [0.717, 1.165) is 6.54 Å². The van der Waals surface area contributed by atoms with E-state index in [1.807, 2.05) is 19.0 Å². The van der Waals surface area contributed by atoms with Crippen LogP contribution in [0.5, 0.6) is 0 Å². The number of hydrogen-bond acceptors (Lipinski definition) is 5. The van der Waals surface area contributed by atoms with E-state index in [2.05, 4.69) is 10.7 Å². The number of carbonyl (C=O) groups is 2. The van der Waals surface area contributed by atoms with Crippen LogP contribution in [0.15, 0.2) is 0 Å². The molecule has 17 heavy (non-hydrogen) atoms. The van der Waals surface area contributed by atoms with Crippen LogP contribution in [-0.4, -0.2) is 68.4 Å². The Kier molecular flexibility index (Phi) is 7.69. The molecular formula is C11H24N4O2. The molecule has 0 heterocycles. The summed E-state index contributed by atoms with van der Waals surface area (Å²) in [5.74, 6) is -0.0375. The summed E-state index contributed by atoms with van der Waals surface area (Å²) in [5, 5.41) is 4.43. The molecule has 0 aromatic rings. The predicted octanol–water partition coefficient (Wildman–Crippen LogP) is -0.922. The van der Waals surface area contributed by atoms with Crippen LogP contribution in [0.25, 0.3) is 0 Å². The Bertz CT molecular complexity index is 256. The van der Waals surface area contributed by atoms with E-state index in [-0.39, 0.29) is 24.3 Å². The summed E-state index contributed by atoms with van der Waals surface area (Å²) in [4.78, 5) is 24.8. The minimum absolute atomic E-state index is 0.0297. The van der Waals surface area contributed by atoms with E-state index in [1.165, 1.54) is 6.92 Å². The van der Waals surface area contributed by atoms with E-state index in [9.17, 15) is 9.59 Å². The third-order valence-corrected chi connectivity index (χ3v) is 2.51. The standard InChI is InChI=1S/C11H24N4O2/c1-9(10(2)16)13-8-11(17)15(12-3)7-6-14(4)5/h9,12-13H,6-8H2,1-5H3. The number of hydrazine groups is 1. The first-order chi connectivity index (χ1) is 7.88. The molecule has 1 unspecified atom stereocenters. The predicted molar refractivity (Wildman–Crippen MR) is 67.5 cm³/mol. The SMILES string of the molecule is CNN(CCN(C)C)C(=O)CNC(C)C(C)=O. The van der Waals surface area contributed by atoms with Crippen molar-refractivity contribution in [3.63, 3.8) is 0 Å². The minimum atomic E-state index is -0.286. The topological polar surface area (TPSA) is 64.7 Å². The summed E-state index contributed by atoms with van der Waals surface area (Å²) in [7, 11) is 5.62. The monoisotopic (exact) mass is 244 g/mol. The average molecular weight is 244 g/mol. The number of nitrogens with zero attached hydrogens (tertiary/aromatic N) is 2. The molecule has 0 spiro atoms. The molecular weight excluding hydrogens is 220 g/mol. The van der Waals surface area contributed by atoms with Crippen molar-refractivity contribution in [2.45, 2.75) is 19.9 Å². The quantitative estimate of drug-likeness (QED) is 0.541. The number of ketones is 1. The van der Waals surface area contributed by atoms with Crippen molar-refractivity contribution in [2.75, 3.05) is 40.8 Å². The molecule has 1 atom stereocenters. The maximum absolute atomic E-state index is 11.8. The molecule has 0 radical (unpaired) electrons. The Morgan fingerprint density at radius 3 is 2.24 bits per heavy atom. The number of Topliss-reactive ketones (excluding diaryl/α,β-unsaturated/α-hetero) is 1. The van der Waals surface area contributed by atoms with Gasteiger partial charge in [0.2, 0.25) is 0 Å². The van der Waals surface area contributed by atoms with Crippen LogP contribution < -0.4 is 10.7 Å². The summed E-state index contributed by atoms with van der Waals surface area (Å²) in [6.45, 7) is 4.81. The van der Waals surface area contributed by atoms with Crippen molar-refractivity contribution in [1.29, 1.82) is 0 Å². The van der Waals surface area contributed by atoms with Gasteiger partial charge in [-0.1, -0.05) is 0 Å². The van der Waals surface area contributed by atoms with Gasteiger partial charge >= 0.3 is 0 Å². The van der Waals surface area contributed by atoms with Crippen LogP contribution >= 0.6 is 0 Å². The molecule has 0 fully saturated rings. The van der Waals surface area contributed by atoms with Gasteiger partial charge in [0.1, 0.15) is 5.78 Å². The van der Waals surface area contributed by atoms with Crippen LogP contribution in [0, 0.1) is 0 Å². The van der Waals surface area contributed by atoms with Crippen molar-refractivity contribution in [3.8, 4) is 0 Å². The number of amides is 1. The molecule has 0 rings (SSSR count). The lowest BCUT2D eigenvalue weighted by Gasteiger charge is -2.23. The molecule has 0 aliphatic rings. The average Bonchev–Trinajstić information content (AvgIpc) is 2.25. The third-order valence-electron chi connectivity index (χ3n) is 2.51. The highest BCUT2D eigenvalue weighted by atomic mass is 16.2. The van der Waals surface area contributed by atoms with Gasteiger partial charge in [-0.05, 0) is 27.9 Å². The Morgan fingerprint density at radius 1 is 1.24 bits per heavy atom. The van der Waals surface area contributed by atoms with Crippen molar-refractivity contribution in [3.05, 3.63) is 0 Å². The van der Waals surface area contributed by atoms with Crippen molar-refractivity contribution in [1.82, 2.24) is 20.7 Å². The van der Waals surface area contributed by atoms with Crippen molar-refractivity contribution < 1.29 is 9.59 Å². The molecule has 2 N–H and O–H groups in total. The van der Waals surface area contributed by atoms with Gasteiger partial charge in [-0.25, -0.2) is 5.43 Å². The second-order valence-electron chi connectivity index (χ2n) is 4.29. The van der Waals surface area contributed by atoms with E-state index < -0.39 is 0 Å². The number of likely N-dealkylation sites (N-methyl/N-ethyl adjacent to an activating group) is 1. The second kappa shape index (κ2) is 8.16. The zero-order valence-corrected chi connectivity index (χ0v) is 11.4. The molecule has 6 nitrogen and oxygen atoms in total. The van der Waals surface area contributed by atoms with Crippen LogP contribution in [0.2, 0.25) is 0 Å². The largest absolute Gasteiger partial charge is 0.308 e. The summed E-state index contributed by atoms with van der Waals surface area (Å²) < 4.78 is 0. The van der Waals surface area contributed by atoms with Crippen molar-refractivity contribution in [2.24, 2.45) is 0 Å². The molecule has 0 aliphatic heterocycles. The Labute approximate surface area is 103 Å². The Morgan fingerprint density at radius 2 is 1.82 bits per heavy atom. The molecule has 0 saturated carbocycles. The fourth-order valence-electron chi connectivity index (χ4n) is 1.14. The lowest BCUT2D eigenvalue weighted by molar-refractivity contribution is -0.133. The maximum Gasteiger partial charge on any atom is 0.250 e. The van der Waals surface area contributed by atoms with Gasteiger partial charge in [-0.3, -0.25) is 19.9 Å². The van der Waals surface area contributed by atoms with E-state index in [1.54, 1.807) is 19.0 Å². The summed E-state index contributed by atoms with van der Waals surface area (Å²) in [6.07, 6.45) is 0. The van der Waals surface area contributed by atoms with Gasteiger partial charge in [-0.2, -0.15) is 0 Å². The van der Waals surface area contributed by atoms with E-state index >= 15 is 0 Å². The van der Waals surface area contributed by atoms with E-state index in [0.29, 0.717) is 6.54 Å². The third kappa shape index (κ3) is 7.04. The number of carbonyl (C=O) groups excluding carboxylic acids is 2. The molecule has 0 aromatic heterocycles. The zero-order valence-electron chi connectivity index (χ0n) is 11.4. The first-order valence-electron chi connectivity index (χ1n) is 5.74. The fourth-order valence-corrected chi connectivity index (χ4v) is 1.14. The van der Waals surface area contributed by atoms with Gasteiger partial charge in [0.25, 0.3) is 5.91 Å². The summed E-state index contributed by atoms with van der Waals surface area (Å²) >= 11 is 0. The zero-order chi connectivity index (χ0) is 13.4. The van der Waals surface area contributed by atoms with E-state index in [4.69, 9.17) is 0 Å². The maximum atomic E-state index is 11.8. The molecule has 1 amide bonds. The lowest BCUT2D eigenvalue weighted by atomic mass is 10.2. The van der Waals surface area contributed by atoms with Crippen LogP contribution in [0.3, 0.4) is 0 Å². The van der Waals surface area contributed by atoms with Crippen molar-refractivity contribution >= 4 is 11.7 Å². The molecule has 6 heteroatoms. The Hall–Kier alpha value is -0.980. The second-order valence-corrected chi connectivity index (χ2v) is 4.29. The minimum Gasteiger partial charge on any atom is -0.308 e. The molecule has 0 saturated heterocycles. The normalized spacial score (nSPS) is 12.6. The molecule has 0 bridgehead atoms. The van der Waals surface area contributed by atoms with Crippen LogP contribution in [0.1, 0.15) is 13.8 Å². The smallest absolute Gasteiger partial charge is 0.250 e. The van der Waals surface area contributed by atoms with Crippen LogP contribution in [0.4, 0.5) is 0 Å². The number of nitrogens with one attached hydrogen (secondary N) is 2. The first-order valence-corrected chi connectivity index (χ1v) is 5.74. The highest BCUT2D eigenvalue weighted by Crippen LogP contribution is 1.88. The number of rotatable bonds is 8. The van der Waals surface area contributed by atoms with Gasteiger partial charge < -0.3 is 4.90 Å². The fraction of sp³-hybridized carbons (Fsp3) is 0.818. The lowest BCUT2D eigenvalue weighted by Crippen LogP contribution is -2.49. The van der Waals surface area contributed by atoms with Gasteiger partial charge in [0, 0.05) is 13.6 Å². The Balaban J connectivity index is 4.04. The summed E-state index contributed by atoms with van der Waals surface area (Å²) in [6, 6.07) is -0.286. The highest BCUT2D eigenvalue weighted by Gasteiger charge is 2.14. The van der Waals surface area contributed by atoms with Crippen LogP contribution in [-0.2, 0) is 9.59 Å². The van der Waals surface area contributed by atoms with Gasteiger partial charge in [-0.15, -0.1) is 0 Å². The molecule has 0 aliphatic carbocycles. The number of hydrogen-bond donors (Lipinski definition) is 2. The summed E-state index contributed by atoms with van der Waals surface area (Å²) in [5.41, 5.74) is 2.84. The van der Waals surface area contributed by atoms with Gasteiger partial charge in [0.15, 0.2) is 0 Å².